The Hall–Kier alpha value is -1.69. The third-order valence-corrected chi connectivity index (χ3v) is 2.16. The van der Waals surface area contributed by atoms with E-state index in [-0.39, 0.29) is 18.0 Å². The van der Waals surface area contributed by atoms with Gasteiger partial charge in [0.15, 0.2) is 11.6 Å². The summed E-state index contributed by atoms with van der Waals surface area (Å²) in [5, 5.41) is 7.16. The zero-order valence-electron chi connectivity index (χ0n) is 9.89. The van der Waals surface area contributed by atoms with Crippen LogP contribution in [0.2, 0.25) is 0 Å². The van der Waals surface area contributed by atoms with Crippen LogP contribution in [0.1, 0.15) is 6.92 Å². The lowest BCUT2D eigenvalue weighted by molar-refractivity contribution is -0.142. The first kappa shape index (κ1) is 14.4. The number of esters is 1. The smallest absolute Gasteiger partial charge is 0.348 e. The lowest BCUT2D eigenvalue weighted by atomic mass is 10.3. The maximum atomic E-state index is 13.3. The number of rotatable bonds is 5. The van der Waals surface area contributed by atoms with Crippen LogP contribution in [-0.4, -0.2) is 25.2 Å². The Labute approximate surface area is 109 Å². The monoisotopic (exact) mass is 274 g/mol. The second-order valence-electron chi connectivity index (χ2n) is 3.12. The van der Waals surface area contributed by atoms with E-state index in [1.807, 2.05) is 0 Å². The predicted molar refractivity (Wildman–Crippen MR) is 63.7 cm³/mol. The van der Waals surface area contributed by atoms with Crippen LogP contribution >= 0.6 is 11.6 Å². The highest BCUT2D eigenvalue weighted by Crippen LogP contribution is 2.23. The van der Waals surface area contributed by atoms with Gasteiger partial charge in [0.2, 0.25) is 5.50 Å². The number of benzene rings is 1. The molecular formula is C11H12ClFN2O3. The Balaban J connectivity index is 2.72. The fourth-order valence-corrected chi connectivity index (χ4v) is 1.20. The van der Waals surface area contributed by atoms with E-state index in [4.69, 9.17) is 16.3 Å². The number of nitrogens with zero attached hydrogens (tertiary/aromatic N) is 2. The second-order valence-corrected chi connectivity index (χ2v) is 3.54. The van der Waals surface area contributed by atoms with Gasteiger partial charge in [-0.05, 0) is 19.1 Å². The number of azo groups is 1. The molecule has 0 heterocycles. The van der Waals surface area contributed by atoms with E-state index in [9.17, 15) is 9.18 Å². The number of halogens is 2. The molecule has 5 nitrogen and oxygen atoms in total. The number of hydrogen-bond donors (Lipinski definition) is 0. The molecule has 1 rings (SSSR count). The fraction of sp³-hybridized carbons (Fsp3) is 0.364. The van der Waals surface area contributed by atoms with E-state index in [1.54, 1.807) is 6.92 Å². The molecule has 98 valence electrons. The summed E-state index contributed by atoms with van der Waals surface area (Å²) in [5.74, 6) is -1.17. The molecule has 1 atom stereocenters. The van der Waals surface area contributed by atoms with E-state index >= 15 is 0 Å². The molecule has 0 aromatic heterocycles. The van der Waals surface area contributed by atoms with Crippen LogP contribution in [-0.2, 0) is 9.53 Å². The Morgan fingerprint density at radius 2 is 2.28 bits per heavy atom. The van der Waals surface area contributed by atoms with Crippen LogP contribution in [0.25, 0.3) is 0 Å². The van der Waals surface area contributed by atoms with E-state index in [0.29, 0.717) is 0 Å². The van der Waals surface area contributed by atoms with Gasteiger partial charge in [0.05, 0.1) is 19.4 Å². The first-order valence-corrected chi connectivity index (χ1v) is 5.57. The Morgan fingerprint density at radius 1 is 1.56 bits per heavy atom. The normalized spacial score (nSPS) is 12.4. The summed E-state index contributed by atoms with van der Waals surface area (Å²) in [6.45, 7) is 1.85. The minimum atomic E-state index is -1.24. The molecule has 0 saturated carbocycles. The van der Waals surface area contributed by atoms with E-state index in [0.717, 1.165) is 6.07 Å². The molecule has 0 fully saturated rings. The fourth-order valence-electron chi connectivity index (χ4n) is 1.09. The number of methoxy groups -OCH3 is 1. The molecule has 1 aromatic carbocycles. The Morgan fingerprint density at radius 3 is 2.83 bits per heavy atom. The van der Waals surface area contributed by atoms with E-state index in [1.165, 1.54) is 19.2 Å². The summed E-state index contributed by atoms with van der Waals surface area (Å²) in [6.07, 6.45) is 0. The topological polar surface area (TPSA) is 60.2 Å². The van der Waals surface area contributed by atoms with Crippen molar-refractivity contribution in [2.45, 2.75) is 12.4 Å². The second kappa shape index (κ2) is 6.90. The highest BCUT2D eigenvalue weighted by atomic mass is 35.5. The molecular weight excluding hydrogens is 263 g/mol. The number of carbonyl (C=O) groups is 1. The van der Waals surface area contributed by atoms with Crippen molar-refractivity contribution in [3.05, 3.63) is 24.0 Å². The number of ether oxygens (including phenoxy) is 2. The van der Waals surface area contributed by atoms with Crippen molar-refractivity contribution in [2.24, 2.45) is 10.2 Å². The van der Waals surface area contributed by atoms with Crippen molar-refractivity contribution in [3.63, 3.8) is 0 Å². The van der Waals surface area contributed by atoms with E-state index < -0.39 is 17.3 Å². The lowest BCUT2D eigenvalue weighted by Gasteiger charge is -2.03. The molecule has 7 heteroatoms. The van der Waals surface area contributed by atoms with Crippen molar-refractivity contribution in [2.75, 3.05) is 13.7 Å². The summed E-state index contributed by atoms with van der Waals surface area (Å²) >= 11 is 5.60. The Bertz CT molecular complexity index is 454. The van der Waals surface area contributed by atoms with Crippen molar-refractivity contribution >= 4 is 23.3 Å². The summed E-state index contributed by atoms with van der Waals surface area (Å²) in [6, 6.07) is 4.01. The summed E-state index contributed by atoms with van der Waals surface area (Å²) in [5.41, 5.74) is -1.02. The van der Waals surface area contributed by atoms with E-state index in [2.05, 4.69) is 15.0 Å². The highest BCUT2D eigenvalue weighted by Gasteiger charge is 2.15. The van der Waals surface area contributed by atoms with Crippen LogP contribution in [0.15, 0.2) is 28.4 Å². The highest BCUT2D eigenvalue weighted by molar-refractivity contribution is 6.29. The van der Waals surface area contributed by atoms with Crippen LogP contribution in [0, 0.1) is 5.82 Å². The molecule has 0 aliphatic rings. The third-order valence-electron chi connectivity index (χ3n) is 1.89. The van der Waals surface area contributed by atoms with Gasteiger partial charge < -0.3 is 9.47 Å². The molecule has 0 radical (unpaired) electrons. The molecule has 1 aromatic rings. The Kier molecular flexibility index (Phi) is 5.51. The average molecular weight is 275 g/mol. The molecule has 0 saturated heterocycles. The van der Waals surface area contributed by atoms with Gasteiger partial charge in [-0.3, -0.25) is 0 Å². The molecule has 0 aliphatic heterocycles. The average Bonchev–Trinajstić information content (AvgIpc) is 2.36. The molecule has 0 bridgehead atoms. The van der Waals surface area contributed by atoms with Crippen LogP contribution in [0.4, 0.5) is 10.1 Å². The first-order valence-electron chi connectivity index (χ1n) is 5.13. The van der Waals surface area contributed by atoms with Gasteiger partial charge in [-0.25, -0.2) is 9.18 Å². The number of hydrogen-bond acceptors (Lipinski definition) is 5. The van der Waals surface area contributed by atoms with Crippen molar-refractivity contribution in [1.29, 1.82) is 0 Å². The maximum Gasteiger partial charge on any atom is 0.348 e. The number of alkyl halides is 1. The van der Waals surface area contributed by atoms with Crippen molar-refractivity contribution in [1.82, 2.24) is 0 Å². The van der Waals surface area contributed by atoms with Crippen LogP contribution in [0.5, 0.6) is 5.75 Å². The van der Waals surface area contributed by atoms with Crippen molar-refractivity contribution < 1.29 is 18.7 Å². The molecule has 0 N–H and O–H groups in total. The predicted octanol–water partition coefficient (Wildman–Crippen LogP) is 3.05. The van der Waals surface area contributed by atoms with Crippen molar-refractivity contribution in [3.8, 4) is 5.75 Å². The first-order chi connectivity index (χ1) is 8.58. The minimum absolute atomic E-state index is 0.0989. The zero-order valence-corrected chi connectivity index (χ0v) is 10.6. The van der Waals surface area contributed by atoms with Crippen LogP contribution in [0.3, 0.4) is 0 Å². The molecule has 0 aliphatic carbocycles. The summed E-state index contributed by atoms with van der Waals surface area (Å²) in [4.78, 5) is 11.1. The largest absolute Gasteiger partial charge is 0.494 e. The van der Waals surface area contributed by atoms with Gasteiger partial charge in [0.1, 0.15) is 0 Å². The molecule has 0 amide bonds. The standard InChI is InChI=1S/C11H12ClFN2O3/c1-3-18-11(16)10(12)15-14-7-4-5-9(17-2)8(13)6-7/h4-6,10H,3H2,1-2H3. The van der Waals surface area contributed by atoms with Gasteiger partial charge in [-0.1, -0.05) is 11.6 Å². The van der Waals surface area contributed by atoms with Gasteiger partial charge in [-0.15, -0.1) is 0 Å². The molecule has 18 heavy (non-hydrogen) atoms. The number of carbonyl (C=O) groups excluding carboxylic acids is 1. The summed E-state index contributed by atoms with van der Waals surface area (Å²) < 4.78 is 22.7. The summed E-state index contributed by atoms with van der Waals surface area (Å²) in [7, 11) is 1.36. The van der Waals surface area contributed by atoms with Gasteiger partial charge in [-0.2, -0.15) is 10.2 Å². The quantitative estimate of drug-likeness (QED) is 0.359. The molecule has 0 spiro atoms. The third kappa shape index (κ3) is 3.96. The lowest BCUT2D eigenvalue weighted by Crippen LogP contribution is -2.14. The maximum absolute atomic E-state index is 13.3. The molecule has 1 unspecified atom stereocenters. The van der Waals surface area contributed by atoms with Gasteiger partial charge in [0, 0.05) is 6.07 Å². The SMILES string of the molecule is CCOC(=O)C(Cl)N=Nc1ccc(OC)c(F)c1. The van der Waals surface area contributed by atoms with Gasteiger partial charge >= 0.3 is 5.97 Å². The van der Waals surface area contributed by atoms with Crippen LogP contribution < -0.4 is 4.74 Å². The van der Waals surface area contributed by atoms with Gasteiger partial charge in [0.25, 0.3) is 0 Å². The minimum Gasteiger partial charge on any atom is -0.494 e. The zero-order chi connectivity index (χ0) is 13.5.